The highest BCUT2D eigenvalue weighted by Gasteiger charge is 2.58. The molecule has 4 aromatic carbocycles. The van der Waals surface area contributed by atoms with Gasteiger partial charge in [0.2, 0.25) is 0 Å². The van der Waals surface area contributed by atoms with Gasteiger partial charge in [0.1, 0.15) is 60.3 Å². The standard InChI is InChI=1S/C51H64O13Si/c1-9-28-54-49-45(43(55-29-33-20-24-37(52-5)25-21-33)41-39(59-49)31-57-47(61-41)35-16-12-10-13-17-35)63-50-46(64-65(7,8)51(2,3)4)44(56-30-34-22-26-38(53-6)27-23-34)42-40(60-50)32-58-48(62-42)36-18-14-11-15-19-36/h9-27,39-50H,1,28-32H2,2-8H3/t39-,40-,41-,42-,43+,44+,45+,46+,47-,48-,49+,50+/m1/s1. The Labute approximate surface area is 384 Å². The molecule has 0 aromatic heterocycles. The average Bonchev–Trinajstić information content (AvgIpc) is 3.33. The first-order valence-electron chi connectivity index (χ1n) is 22.4. The summed E-state index contributed by atoms with van der Waals surface area (Å²) in [5, 5.41) is -0.193. The van der Waals surface area contributed by atoms with Crippen LogP contribution in [-0.4, -0.2) is 104 Å². The number of hydrogen-bond acceptors (Lipinski definition) is 13. The summed E-state index contributed by atoms with van der Waals surface area (Å²) >= 11 is 0. The molecule has 350 valence electrons. The molecule has 0 unspecified atom stereocenters. The Kier molecular flexibility index (Phi) is 15.6. The first-order chi connectivity index (χ1) is 31.4. The third-order valence-corrected chi connectivity index (χ3v) is 17.3. The molecule has 4 aromatic rings. The quantitative estimate of drug-likeness (QED) is 0.0742. The van der Waals surface area contributed by atoms with Gasteiger partial charge >= 0.3 is 0 Å². The smallest absolute Gasteiger partial charge is 0.192 e. The van der Waals surface area contributed by atoms with Crippen LogP contribution in [0.15, 0.2) is 122 Å². The van der Waals surface area contributed by atoms with Crippen molar-refractivity contribution in [2.45, 2.75) is 126 Å². The van der Waals surface area contributed by atoms with Crippen LogP contribution in [0.1, 0.15) is 55.6 Å². The molecule has 13 nitrogen and oxygen atoms in total. The molecule has 14 heteroatoms. The molecule has 0 saturated carbocycles. The molecule has 4 fully saturated rings. The number of ether oxygens (including phenoxy) is 12. The van der Waals surface area contributed by atoms with E-state index < -0.39 is 82.3 Å². The van der Waals surface area contributed by atoms with Gasteiger partial charge in [-0.2, -0.15) is 0 Å². The Morgan fingerprint density at radius 3 is 1.49 bits per heavy atom. The van der Waals surface area contributed by atoms with Crippen molar-refractivity contribution in [3.05, 3.63) is 144 Å². The number of methoxy groups -OCH3 is 2. The molecule has 4 aliphatic rings. The van der Waals surface area contributed by atoms with E-state index in [0.717, 1.165) is 33.8 Å². The molecule has 4 saturated heterocycles. The maximum Gasteiger partial charge on any atom is 0.192 e. The summed E-state index contributed by atoms with van der Waals surface area (Å²) in [5.74, 6) is 1.50. The van der Waals surface area contributed by atoms with Crippen molar-refractivity contribution in [3.8, 4) is 11.5 Å². The van der Waals surface area contributed by atoms with Crippen molar-refractivity contribution in [1.29, 1.82) is 0 Å². The van der Waals surface area contributed by atoms with E-state index in [1.807, 2.05) is 109 Å². The van der Waals surface area contributed by atoms with Gasteiger partial charge in [0.15, 0.2) is 33.5 Å². The van der Waals surface area contributed by atoms with Crippen molar-refractivity contribution in [2.75, 3.05) is 34.0 Å². The van der Waals surface area contributed by atoms with E-state index in [1.165, 1.54) is 0 Å². The molecule has 0 spiro atoms. The van der Waals surface area contributed by atoms with E-state index >= 15 is 0 Å². The number of fused-ring (bicyclic) bond motifs is 2. The number of hydrogen-bond donors (Lipinski definition) is 0. The second-order valence-corrected chi connectivity index (χ2v) is 23.0. The van der Waals surface area contributed by atoms with E-state index in [0.29, 0.717) is 0 Å². The molecule has 4 aliphatic heterocycles. The zero-order valence-electron chi connectivity index (χ0n) is 38.4. The van der Waals surface area contributed by atoms with Crippen molar-refractivity contribution >= 4 is 8.32 Å². The second kappa shape index (κ2) is 21.3. The highest BCUT2D eigenvalue weighted by molar-refractivity contribution is 6.74. The molecular formula is C51H64O13Si. The fraction of sp³-hybridized carbons (Fsp3) is 0.490. The fourth-order valence-electron chi connectivity index (χ4n) is 8.21. The Bertz CT molecular complexity index is 2080. The van der Waals surface area contributed by atoms with Crippen LogP contribution in [0.3, 0.4) is 0 Å². The lowest BCUT2D eigenvalue weighted by atomic mass is 9.95. The van der Waals surface area contributed by atoms with Crippen LogP contribution in [0.2, 0.25) is 18.1 Å². The lowest BCUT2D eigenvalue weighted by Gasteiger charge is -2.54. The minimum atomic E-state index is -2.60. The van der Waals surface area contributed by atoms with E-state index in [9.17, 15) is 0 Å². The van der Waals surface area contributed by atoms with Crippen molar-refractivity contribution in [2.24, 2.45) is 0 Å². The molecule has 0 bridgehead atoms. The largest absolute Gasteiger partial charge is 0.497 e. The molecule has 12 atom stereocenters. The molecule has 0 radical (unpaired) electrons. The molecule has 8 rings (SSSR count). The third kappa shape index (κ3) is 11.2. The van der Waals surface area contributed by atoms with Crippen molar-refractivity contribution in [1.82, 2.24) is 0 Å². The first-order valence-corrected chi connectivity index (χ1v) is 25.3. The van der Waals surface area contributed by atoms with Crippen LogP contribution in [0.5, 0.6) is 11.5 Å². The molecule has 0 N–H and O–H groups in total. The van der Waals surface area contributed by atoms with Gasteiger partial charge in [-0.05, 0) is 53.5 Å². The summed E-state index contributed by atoms with van der Waals surface area (Å²) in [7, 11) is 0.695. The summed E-state index contributed by atoms with van der Waals surface area (Å²) in [5.41, 5.74) is 3.63. The lowest BCUT2D eigenvalue weighted by Crippen LogP contribution is -2.69. The van der Waals surface area contributed by atoms with Crippen LogP contribution in [0, 0.1) is 0 Å². The van der Waals surface area contributed by atoms with Crippen LogP contribution in [0.25, 0.3) is 0 Å². The van der Waals surface area contributed by atoms with E-state index in [4.69, 9.17) is 61.3 Å². The normalized spacial score (nSPS) is 30.4. The maximum absolute atomic E-state index is 7.43. The third-order valence-electron chi connectivity index (χ3n) is 12.8. The first kappa shape index (κ1) is 47.5. The predicted molar refractivity (Wildman–Crippen MR) is 244 cm³/mol. The molecule has 0 amide bonds. The topological polar surface area (TPSA) is 120 Å². The minimum Gasteiger partial charge on any atom is -0.497 e. The molecule has 4 heterocycles. The zero-order valence-corrected chi connectivity index (χ0v) is 39.4. The van der Waals surface area contributed by atoms with Gasteiger partial charge in [0.05, 0.1) is 47.3 Å². The van der Waals surface area contributed by atoms with Crippen LogP contribution in [-0.2, 0) is 65.0 Å². The fourth-order valence-corrected chi connectivity index (χ4v) is 9.49. The van der Waals surface area contributed by atoms with Crippen molar-refractivity contribution in [3.63, 3.8) is 0 Å². The molecule has 0 aliphatic carbocycles. The van der Waals surface area contributed by atoms with Gasteiger partial charge in [-0.25, -0.2) is 0 Å². The summed E-state index contributed by atoms with van der Waals surface area (Å²) in [6, 6.07) is 35.3. The second-order valence-electron chi connectivity index (χ2n) is 18.3. The van der Waals surface area contributed by atoms with Crippen LogP contribution in [0.4, 0.5) is 0 Å². The van der Waals surface area contributed by atoms with Gasteiger partial charge in [0, 0.05) is 11.1 Å². The van der Waals surface area contributed by atoms with E-state index in [-0.39, 0.29) is 38.1 Å². The van der Waals surface area contributed by atoms with Gasteiger partial charge in [-0.3, -0.25) is 0 Å². The highest BCUT2D eigenvalue weighted by atomic mass is 28.4. The Morgan fingerprint density at radius 2 is 1.05 bits per heavy atom. The molecular weight excluding hydrogens is 849 g/mol. The Hall–Kier alpha value is -4.00. The van der Waals surface area contributed by atoms with Gasteiger partial charge < -0.3 is 61.3 Å². The number of rotatable bonds is 17. The predicted octanol–water partition coefficient (Wildman–Crippen LogP) is 8.83. The summed E-state index contributed by atoms with van der Waals surface area (Å²) in [4.78, 5) is 0. The number of benzene rings is 4. The Balaban J connectivity index is 1.17. The summed E-state index contributed by atoms with van der Waals surface area (Å²) in [6.45, 7) is 16.0. The Morgan fingerprint density at radius 1 is 0.585 bits per heavy atom. The van der Waals surface area contributed by atoms with E-state index in [2.05, 4.69) is 40.4 Å². The summed E-state index contributed by atoms with van der Waals surface area (Å²) < 4.78 is 86.2. The average molecular weight is 913 g/mol. The monoisotopic (exact) mass is 912 g/mol. The minimum absolute atomic E-state index is 0.178. The van der Waals surface area contributed by atoms with Gasteiger partial charge in [-0.1, -0.05) is 112 Å². The summed E-state index contributed by atoms with van der Waals surface area (Å²) in [6.07, 6.45) is -7.21. The lowest BCUT2D eigenvalue weighted by molar-refractivity contribution is -0.408. The van der Waals surface area contributed by atoms with Crippen molar-refractivity contribution < 1.29 is 61.3 Å². The van der Waals surface area contributed by atoms with Crippen LogP contribution >= 0.6 is 0 Å². The van der Waals surface area contributed by atoms with Gasteiger partial charge in [0.25, 0.3) is 0 Å². The van der Waals surface area contributed by atoms with E-state index in [1.54, 1.807) is 20.3 Å². The highest BCUT2D eigenvalue weighted by Crippen LogP contribution is 2.45. The maximum atomic E-state index is 7.43. The van der Waals surface area contributed by atoms with Crippen LogP contribution < -0.4 is 9.47 Å². The zero-order chi connectivity index (χ0) is 45.6. The molecule has 65 heavy (non-hydrogen) atoms. The van der Waals surface area contributed by atoms with Gasteiger partial charge in [-0.15, -0.1) is 6.58 Å². The SMILES string of the molecule is C=CCO[C@H]1O[C@@H]2CO[C@@H](c3ccccc3)O[C@H]2[C@H](OCc2ccc(OC)cc2)[C@@H]1O[C@@H]1O[C@@H]2CO[C@@H](c3ccccc3)O[C@H]2[C@H](OCc2ccc(OC)cc2)[C@@H]1O[Si](C)(C)C(C)(C)C.